The minimum absolute atomic E-state index is 0.120. The number of ether oxygens (including phenoxy) is 2. The smallest absolute Gasteiger partial charge is 0.305 e. The van der Waals surface area contributed by atoms with Gasteiger partial charge in [-0.15, -0.1) is 0 Å². The third-order valence-corrected chi connectivity index (χ3v) is 6.05. The molecule has 0 rings (SSSR count). The van der Waals surface area contributed by atoms with Crippen molar-refractivity contribution < 1.29 is 19.1 Å². The molecule has 172 valence electrons. The maximum atomic E-state index is 12.1. The first-order valence-electron chi connectivity index (χ1n) is 12.3. The van der Waals surface area contributed by atoms with E-state index in [4.69, 9.17) is 9.47 Å². The summed E-state index contributed by atoms with van der Waals surface area (Å²) in [6, 6.07) is 0. The molecule has 4 heteroatoms. The summed E-state index contributed by atoms with van der Waals surface area (Å²) in [4.78, 5) is 24.1. The average molecular weight is 413 g/mol. The van der Waals surface area contributed by atoms with Gasteiger partial charge in [0.05, 0.1) is 0 Å². The zero-order valence-electron chi connectivity index (χ0n) is 19.9. The molecule has 0 aromatic carbocycles. The van der Waals surface area contributed by atoms with Gasteiger partial charge in [0.1, 0.15) is 13.2 Å². The fourth-order valence-electron chi connectivity index (χ4n) is 3.41. The first-order chi connectivity index (χ1) is 14.0. The molecule has 0 amide bonds. The Labute approximate surface area is 180 Å². The summed E-state index contributed by atoms with van der Waals surface area (Å²) in [7, 11) is 0. The monoisotopic (exact) mass is 412 g/mol. The van der Waals surface area contributed by atoms with Crippen LogP contribution in [0.1, 0.15) is 130 Å². The lowest BCUT2D eigenvalue weighted by molar-refractivity contribution is -0.154. The van der Waals surface area contributed by atoms with Gasteiger partial charge in [-0.1, -0.05) is 91.9 Å². The van der Waals surface area contributed by atoms with Gasteiger partial charge in [-0.3, -0.25) is 9.59 Å². The highest BCUT2D eigenvalue weighted by Gasteiger charge is 2.30. The van der Waals surface area contributed by atoms with E-state index in [1.165, 1.54) is 51.4 Å². The Morgan fingerprint density at radius 2 is 0.897 bits per heavy atom. The highest BCUT2D eigenvalue weighted by molar-refractivity contribution is 5.69. The van der Waals surface area contributed by atoms with Crippen molar-refractivity contribution >= 4 is 11.9 Å². The van der Waals surface area contributed by atoms with Crippen LogP contribution in [0.3, 0.4) is 0 Å². The van der Waals surface area contributed by atoms with Gasteiger partial charge in [-0.25, -0.2) is 0 Å². The van der Waals surface area contributed by atoms with Gasteiger partial charge in [-0.05, 0) is 25.7 Å². The molecule has 0 saturated carbocycles. The quantitative estimate of drug-likeness (QED) is 0.155. The van der Waals surface area contributed by atoms with Crippen molar-refractivity contribution in [1.82, 2.24) is 0 Å². The number of hydrogen-bond donors (Lipinski definition) is 0. The van der Waals surface area contributed by atoms with Gasteiger partial charge in [0.2, 0.25) is 0 Å². The molecular formula is C25H48O4. The van der Waals surface area contributed by atoms with E-state index in [1.54, 1.807) is 0 Å². The molecule has 0 bridgehead atoms. The van der Waals surface area contributed by atoms with Crippen LogP contribution in [0.25, 0.3) is 0 Å². The lowest BCUT2D eigenvalue weighted by Gasteiger charge is -2.30. The molecule has 0 aromatic heterocycles. The largest absolute Gasteiger partial charge is 0.465 e. The first-order valence-corrected chi connectivity index (χ1v) is 12.3. The van der Waals surface area contributed by atoms with Gasteiger partial charge in [0.15, 0.2) is 0 Å². The van der Waals surface area contributed by atoms with Crippen molar-refractivity contribution in [1.29, 1.82) is 0 Å². The molecule has 0 aliphatic carbocycles. The second-order valence-corrected chi connectivity index (χ2v) is 8.56. The Bertz CT molecular complexity index is 368. The molecule has 0 unspecified atom stereocenters. The lowest BCUT2D eigenvalue weighted by Crippen LogP contribution is -2.33. The van der Waals surface area contributed by atoms with Crippen molar-refractivity contribution in [2.75, 3.05) is 13.2 Å². The zero-order chi connectivity index (χ0) is 21.8. The van der Waals surface area contributed by atoms with Crippen molar-refractivity contribution in [3.63, 3.8) is 0 Å². The van der Waals surface area contributed by atoms with Gasteiger partial charge in [-0.2, -0.15) is 0 Å². The molecule has 0 heterocycles. The third kappa shape index (κ3) is 15.4. The van der Waals surface area contributed by atoms with Crippen molar-refractivity contribution in [3.05, 3.63) is 0 Å². The average Bonchev–Trinajstić information content (AvgIpc) is 2.73. The number of esters is 2. The van der Waals surface area contributed by atoms with Crippen LogP contribution in [0.4, 0.5) is 0 Å². The van der Waals surface area contributed by atoms with Crippen LogP contribution in [0.2, 0.25) is 0 Å². The van der Waals surface area contributed by atoms with E-state index in [0.29, 0.717) is 26.1 Å². The molecule has 0 aliphatic heterocycles. The summed E-state index contributed by atoms with van der Waals surface area (Å²) in [6.45, 7) is 9.26. The predicted octanol–water partition coefficient (Wildman–Crippen LogP) is 7.38. The summed E-state index contributed by atoms with van der Waals surface area (Å²) in [5, 5.41) is 0. The van der Waals surface area contributed by atoms with Crippen molar-refractivity contribution in [2.24, 2.45) is 5.41 Å². The van der Waals surface area contributed by atoms with E-state index in [1.807, 2.05) is 0 Å². The second kappa shape index (κ2) is 18.9. The van der Waals surface area contributed by atoms with Crippen LogP contribution in [0.15, 0.2) is 0 Å². The van der Waals surface area contributed by atoms with E-state index >= 15 is 0 Å². The first kappa shape index (κ1) is 27.9. The standard InChI is InChI=1S/C25H48O4/c1-5-9-11-13-15-17-19-23(26)28-21-25(7-3,8-4)22-29-24(27)20-18-16-14-12-10-6-2/h5-22H2,1-4H3. The maximum Gasteiger partial charge on any atom is 0.305 e. The highest BCUT2D eigenvalue weighted by atomic mass is 16.5. The van der Waals surface area contributed by atoms with Crippen LogP contribution >= 0.6 is 0 Å². The zero-order valence-corrected chi connectivity index (χ0v) is 19.9. The van der Waals surface area contributed by atoms with E-state index in [0.717, 1.165) is 38.5 Å². The Balaban J connectivity index is 4.06. The molecular weight excluding hydrogens is 364 g/mol. The number of carbonyl (C=O) groups excluding carboxylic acids is 2. The lowest BCUT2D eigenvalue weighted by atomic mass is 9.84. The van der Waals surface area contributed by atoms with Crippen molar-refractivity contribution in [2.45, 2.75) is 130 Å². The SMILES string of the molecule is CCCCCCCCC(=O)OCC(CC)(CC)COC(=O)CCCCCCCC. The summed E-state index contributed by atoms with van der Waals surface area (Å²) in [5.41, 5.74) is -0.256. The van der Waals surface area contributed by atoms with Crippen LogP contribution in [-0.4, -0.2) is 25.2 Å². The summed E-state index contributed by atoms with van der Waals surface area (Å²) in [5.74, 6) is -0.240. The summed E-state index contributed by atoms with van der Waals surface area (Å²) < 4.78 is 11.1. The Morgan fingerprint density at radius 3 is 1.24 bits per heavy atom. The molecule has 0 atom stereocenters. The predicted molar refractivity (Wildman–Crippen MR) is 121 cm³/mol. The minimum Gasteiger partial charge on any atom is -0.465 e. The molecule has 0 saturated heterocycles. The number of unbranched alkanes of at least 4 members (excludes halogenated alkanes) is 10. The summed E-state index contributed by atoms with van der Waals surface area (Å²) in [6.07, 6.45) is 16.6. The fraction of sp³-hybridized carbons (Fsp3) is 0.920. The number of rotatable bonds is 20. The van der Waals surface area contributed by atoms with E-state index in [-0.39, 0.29) is 17.4 Å². The Morgan fingerprint density at radius 1 is 0.552 bits per heavy atom. The molecule has 0 N–H and O–H groups in total. The summed E-state index contributed by atoms with van der Waals surface area (Å²) >= 11 is 0. The third-order valence-electron chi connectivity index (χ3n) is 6.05. The Hall–Kier alpha value is -1.06. The van der Waals surface area contributed by atoms with Crippen LogP contribution in [0, 0.1) is 5.41 Å². The molecule has 0 aliphatic rings. The fourth-order valence-corrected chi connectivity index (χ4v) is 3.41. The molecule has 0 radical (unpaired) electrons. The number of hydrogen-bond acceptors (Lipinski definition) is 4. The topological polar surface area (TPSA) is 52.6 Å². The molecule has 0 fully saturated rings. The number of carbonyl (C=O) groups is 2. The normalized spacial score (nSPS) is 11.4. The van der Waals surface area contributed by atoms with E-state index in [2.05, 4.69) is 27.7 Å². The van der Waals surface area contributed by atoms with Gasteiger partial charge >= 0.3 is 11.9 Å². The Kier molecular flexibility index (Phi) is 18.2. The second-order valence-electron chi connectivity index (χ2n) is 8.56. The van der Waals surface area contributed by atoms with Gasteiger partial charge < -0.3 is 9.47 Å². The molecule has 4 nitrogen and oxygen atoms in total. The van der Waals surface area contributed by atoms with E-state index < -0.39 is 0 Å². The minimum atomic E-state index is -0.256. The van der Waals surface area contributed by atoms with Gasteiger partial charge in [0, 0.05) is 18.3 Å². The molecule has 0 aromatic rings. The maximum absolute atomic E-state index is 12.1. The highest BCUT2D eigenvalue weighted by Crippen LogP contribution is 2.28. The van der Waals surface area contributed by atoms with Crippen LogP contribution < -0.4 is 0 Å². The van der Waals surface area contributed by atoms with E-state index in [9.17, 15) is 9.59 Å². The van der Waals surface area contributed by atoms with Crippen molar-refractivity contribution in [3.8, 4) is 0 Å². The van der Waals surface area contributed by atoms with Crippen LogP contribution in [0.5, 0.6) is 0 Å². The molecule has 0 spiro atoms. The molecule has 29 heavy (non-hydrogen) atoms. The van der Waals surface area contributed by atoms with Gasteiger partial charge in [0.25, 0.3) is 0 Å². The van der Waals surface area contributed by atoms with Crippen LogP contribution in [-0.2, 0) is 19.1 Å².